The highest BCUT2D eigenvalue weighted by molar-refractivity contribution is 7.99. The van der Waals surface area contributed by atoms with Gasteiger partial charge in [0.1, 0.15) is 0 Å². The quantitative estimate of drug-likeness (QED) is 0.392. The molecule has 4 rings (SSSR count). The largest absolute Gasteiger partial charge is 0.384 e. The van der Waals surface area contributed by atoms with Crippen LogP contribution in [-0.4, -0.2) is 38.6 Å². The molecular weight excluding hydrogens is 360 g/mol. The van der Waals surface area contributed by atoms with Crippen molar-refractivity contribution in [3.05, 3.63) is 63.9 Å². The van der Waals surface area contributed by atoms with Gasteiger partial charge in [0.05, 0.1) is 23.2 Å². The Bertz CT molecular complexity index is 1200. The van der Waals surface area contributed by atoms with Gasteiger partial charge in [-0.05, 0) is 37.6 Å². The van der Waals surface area contributed by atoms with Crippen LogP contribution >= 0.6 is 11.8 Å². The van der Waals surface area contributed by atoms with Crippen LogP contribution in [0.3, 0.4) is 0 Å². The van der Waals surface area contributed by atoms with Gasteiger partial charge in [-0.2, -0.15) is 0 Å². The summed E-state index contributed by atoms with van der Waals surface area (Å²) < 4.78 is 8.76. The Morgan fingerprint density at radius 2 is 1.93 bits per heavy atom. The van der Waals surface area contributed by atoms with E-state index in [2.05, 4.69) is 16.3 Å². The Kier molecular flexibility index (Phi) is 4.72. The first-order valence-corrected chi connectivity index (χ1v) is 9.68. The van der Waals surface area contributed by atoms with Gasteiger partial charge in [-0.15, -0.1) is 10.2 Å². The molecule has 4 aromatic rings. The van der Waals surface area contributed by atoms with Crippen molar-refractivity contribution in [1.82, 2.24) is 19.2 Å². The molecule has 0 radical (unpaired) electrons. The molecule has 2 aromatic carbocycles. The van der Waals surface area contributed by atoms with Crippen molar-refractivity contribution in [2.24, 2.45) is 0 Å². The molecule has 0 aliphatic carbocycles. The average molecular weight is 380 g/mol. The topological polar surface area (TPSA) is 61.4 Å². The summed E-state index contributed by atoms with van der Waals surface area (Å²) in [5, 5.41) is 10.1. The minimum Gasteiger partial charge on any atom is -0.384 e. The molecule has 0 atom stereocenters. The zero-order chi connectivity index (χ0) is 19.0. The number of hydrogen-bond donors (Lipinski definition) is 0. The molecule has 0 saturated carbocycles. The van der Waals surface area contributed by atoms with E-state index in [9.17, 15) is 4.79 Å². The summed E-state index contributed by atoms with van der Waals surface area (Å²) in [7, 11) is 1.68. The minimum absolute atomic E-state index is 0.0918. The molecule has 138 valence electrons. The molecule has 6 nitrogen and oxygen atoms in total. The summed E-state index contributed by atoms with van der Waals surface area (Å²) in [5.41, 5.74) is 3.71. The van der Waals surface area contributed by atoms with Crippen molar-refractivity contribution >= 4 is 28.4 Å². The third-order valence-corrected chi connectivity index (χ3v) is 5.40. The van der Waals surface area contributed by atoms with Crippen molar-refractivity contribution in [2.45, 2.75) is 19.0 Å². The normalized spacial score (nSPS) is 11.5. The predicted molar refractivity (Wildman–Crippen MR) is 108 cm³/mol. The van der Waals surface area contributed by atoms with Crippen LogP contribution in [0.2, 0.25) is 0 Å². The van der Waals surface area contributed by atoms with Gasteiger partial charge in [-0.1, -0.05) is 41.6 Å². The van der Waals surface area contributed by atoms with Crippen LogP contribution in [0.25, 0.3) is 22.4 Å². The maximum Gasteiger partial charge on any atom is 0.267 e. The first kappa shape index (κ1) is 17.8. The molecule has 2 aromatic heterocycles. The highest BCUT2D eigenvalue weighted by Crippen LogP contribution is 2.24. The number of para-hydroxylation sites is 1. The molecule has 0 saturated heterocycles. The number of aryl methyl sites for hydroxylation is 2. The van der Waals surface area contributed by atoms with Gasteiger partial charge >= 0.3 is 0 Å². The Balaban J connectivity index is 2.06. The van der Waals surface area contributed by atoms with Gasteiger partial charge in [0.15, 0.2) is 5.16 Å². The highest BCUT2D eigenvalue weighted by atomic mass is 32.2. The van der Waals surface area contributed by atoms with Gasteiger partial charge in [0, 0.05) is 12.9 Å². The average Bonchev–Trinajstić information content (AvgIpc) is 3.07. The van der Waals surface area contributed by atoms with Crippen LogP contribution in [0, 0.1) is 13.8 Å². The van der Waals surface area contributed by atoms with Crippen LogP contribution < -0.4 is 5.56 Å². The number of nitrogens with zero attached hydrogens (tertiary/aromatic N) is 4. The molecule has 0 aliphatic rings. The van der Waals surface area contributed by atoms with Crippen molar-refractivity contribution in [3.63, 3.8) is 0 Å². The molecule has 0 amide bonds. The first-order chi connectivity index (χ1) is 13.1. The Morgan fingerprint density at radius 1 is 1.11 bits per heavy atom. The van der Waals surface area contributed by atoms with Crippen molar-refractivity contribution < 1.29 is 4.74 Å². The molecule has 0 spiro atoms. The predicted octanol–water partition coefficient (Wildman–Crippen LogP) is 3.39. The summed E-state index contributed by atoms with van der Waals surface area (Å²) in [4.78, 5) is 13.3. The zero-order valence-corrected chi connectivity index (χ0v) is 16.3. The molecule has 0 aliphatic heterocycles. The molecule has 0 N–H and O–H groups in total. The Hall–Kier alpha value is -2.64. The van der Waals surface area contributed by atoms with E-state index in [1.54, 1.807) is 23.4 Å². The fourth-order valence-corrected chi connectivity index (χ4v) is 4.10. The van der Waals surface area contributed by atoms with Gasteiger partial charge in [-0.3, -0.25) is 9.20 Å². The third-order valence-electron chi connectivity index (χ3n) is 4.51. The van der Waals surface area contributed by atoms with E-state index in [1.807, 2.05) is 54.6 Å². The second-order valence-corrected chi connectivity index (χ2v) is 7.47. The summed E-state index contributed by atoms with van der Waals surface area (Å²) in [6, 6.07) is 13.6. The fourth-order valence-electron chi connectivity index (χ4n) is 3.26. The van der Waals surface area contributed by atoms with Gasteiger partial charge in [0.25, 0.3) is 5.56 Å². The number of benzene rings is 2. The van der Waals surface area contributed by atoms with Crippen molar-refractivity contribution in [3.8, 4) is 5.69 Å². The summed E-state index contributed by atoms with van der Waals surface area (Å²) in [6.45, 7) is 4.66. The van der Waals surface area contributed by atoms with Crippen LogP contribution in [0.4, 0.5) is 0 Å². The molecule has 7 heteroatoms. The minimum atomic E-state index is -0.0918. The smallest absolute Gasteiger partial charge is 0.267 e. The SMILES string of the molecule is COCCSc1nnc2n(-c3ccc(C)cc3C)c(=O)c3ccccc3n12. The van der Waals surface area contributed by atoms with E-state index >= 15 is 0 Å². The van der Waals surface area contributed by atoms with Gasteiger partial charge < -0.3 is 4.74 Å². The monoisotopic (exact) mass is 380 g/mol. The van der Waals surface area contributed by atoms with E-state index < -0.39 is 0 Å². The van der Waals surface area contributed by atoms with Gasteiger partial charge in [-0.25, -0.2) is 4.57 Å². The zero-order valence-electron chi connectivity index (χ0n) is 15.5. The van der Waals surface area contributed by atoms with E-state index in [4.69, 9.17) is 4.74 Å². The summed E-state index contributed by atoms with van der Waals surface area (Å²) in [5.74, 6) is 1.28. The molecular formula is C20H20N4O2S. The fraction of sp³-hybridized carbons (Fsp3) is 0.250. The maximum atomic E-state index is 13.3. The second kappa shape index (κ2) is 7.17. The number of aromatic nitrogens is 4. The highest BCUT2D eigenvalue weighted by Gasteiger charge is 2.18. The molecule has 0 unspecified atom stereocenters. The molecule has 0 bridgehead atoms. The van der Waals surface area contributed by atoms with Crippen LogP contribution in [-0.2, 0) is 4.74 Å². The van der Waals surface area contributed by atoms with E-state index in [0.29, 0.717) is 17.8 Å². The van der Waals surface area contributed by atoms with Crippen LogP contribution in [0.5, 0.6) is 0 Å². The van der Waals surface area contributed by atoms with E-state index in [0.717, 1.165) is 33.2 Å². The Morgan fingerprint density at radius 3 is 2.70 bits per heavy atom. The number of rotatable bonds is 5. The van der Waals surface area contributed by atoms with E-state index in [1.165, 1.54) is 0 Å². The first-order valence-electron chi connectivity index (χ1n) is 8.70. The Labute approximate surface area is 160 Å². The standard InChI is InChI=1S/C20H20N4O2S/c1-13-8-9-16(14(2)12-13)23-18(25)15-6-4-5-7-17(15)24-19(23)21-22-20(24)27-11-10-26-3/h4-9,12H,10-11H2,1-3H3. The van der Waals surface area contributed by atoms with Crippen molar-refractivity contribution in [2.75, 3.05) is 19.5 Å². The lowest BCUT2D eigenvalue weighted by molar-refractivity contribution is 0.218. The molecule has 27 heavy (non-hydrogen) atoms. The lowest BCUT2D eigenvalue weighted by Crippen LogP contribution is -2.22. The van der Waals surface area contributed by atoms with Crippen molar-refractivity contribution in [1.29, 1.82) is 0 Å². The molecule has 2 heterocycles. The van der Waals surface area contributed by atoms with Crippen LogP contribution in [0.15, 0.2) is 52.4 Å². The lowest BCUT2D eigenvalue weighted by Gasteiger charge is -2.13. The lowest BCUT2D eigenvalue weighted by atomic mass is 10.1. The number of thioether (sulfide) groups is 1. The summed E-state index contributed by atoms with van der Waals surface area (Å²) >= 11 is 1.56. The number of fused-ring (bicyclic) bond motifs is 3. The third kappa shape index (κ3) is 3.02. The number of hydrogen-bond acceptors (Lipinski definition) is 5. The second-order valence-electron chi connectivity index (χ2n) is 6.41. The summed E-state index contributed by atoms with van der Waals surface area (Å²) in [6.07, 6.45) is 0. The number of ether oxygens (including phenoxy) is 1. The maximum absolute atomic E-state index is 13.3. The number of methoxy groups -OCH3 is 1. The van der Waals surface area contributed by atoms with Gasteiger partial charge in [0.2, 0.25) is 5.78 Å². The van der Waals surface area contributed by atoms with Crippen LogP contribution in [0.1, 0.15) is 11.1 Å². The molecule has 0 fully saturated rings. The van der Waals surface area contributed by atoms with E-state index in [-0.39, 0.29) is 5.56 Å².